The number of carboxylic acid groups (broad SMARTS) is 1. The van der Waals surface area contributed by atoms with Gasteiger partial charge in [0.1, 0.15) is 0 Å². The lowest BCUT2D eigenvalue weighted by molar-refractivity contribution is -0.131. The van der Waals surface area contributed by atoms with E-state index in [2.05, 4.69) is 15.0 Å². The van der Waals surface area contributed by atoms with E-state index in [1.807, 2.05) is 0 Å². The van der Waals surface area contributed by atoms with Crippen molar-refractivity contribution in [2.45, 2.75) is 0 Å². The Kier molecular flexibility index (Phi) is 6.00. The smallest absolute Gasteiger partial charge is 0.328 e. The van der Waals surface area contributed by atoms with Crippen LogP contribution in [0.3, 0.4) is 0 Å². The number of sulfonamides is 1. The van der Waals surface area contributed by atoms with Gasteiger partial charge in [-0.05, 0) is 12.1 Å². The quantitative estimate of drug-likeness (QED) is 0.458. The number of nitrogens with zero attached hydrogens (tertiary/aromatic N) is 1. The molecule has 1 aromatic rings. The molecule has 1 heterocycles. The van der Waals surface area contributed by atoms with Gasteiger partial charge in [0.2, 0.25) is 10.0 Å². The van der Waals surface area contributed by atoms with Crippen molar-refractivity contribution in [1.29, 1.82) is 0 Å². The fourth-order valence-corrected chi connectivity index (χ4v) is 1.89. The zero-order chi connectivity index (χ0) is 15.9. The molecule has 0 saturated carbocycles. The zero-order valence-corrected chi connectivity index (χ0v) is 12.1. The molecule has 0 aliphatic rings. The second kappa shape index (κ2) is 7.50. The van der Waals surface area contributed by atoms with Gasteiger partial charge in [0.25, 0.3) is 5.91 Å². The molecule has 21 heavy (non-hydrogen) atoms. The number of carbonyl (C=O) groups is 2. The average molecular weight is 313 g/mol. The number of aliphatic carboxylic acids is 1. The first-order valence-electron chi connectivity index (χ1n) is 5.87. The second-order valence-corrected chi connectivity index (χ2v) is 5.89. The van der Waals surface area contributed by atoms with E-state index < -0.39 is 21.9 Å². The summed E-state index contributed by atoms with van der Waals surface area (Å²) in [6.07, 6.45) is 5.95. The van der Waals surface area contributed by atoms with Crippen LogP contribution in [0.5, 0.6) is 0 Å². The highest BCUT2D eigenvalue weighted by Gasteiger charge is 2.09. The van der Waals surface area contributed by atoms with E-state index in [0.29, 0.717) is 5.56 Å². The number of carboxylic acids is 1. The van der Waals surface area contributed by atoms with Crippen LogP contribution in [-0.4, -0.2) is 49.7 Å². The Labute approximate surface area is 121 Å². The minimum absolute atomic E-state index is 0.0654. The van der Waals surface area contributed by atoms with E-state index in [1.165, 1.54) is 24.5 Å². The van der Waals surface area contributed by atoms with Crippen LogP contribution in [0.4, 0.5) is 0 Å². The van der Waals surface area contributed by atoms with Gasteiger partial charge in [-0.25, -0.2) is 17.9 Å². The van der Waals surface area contributed by atoms with Gasteiger partial charge < -0.3 is 10.4 Å². The van der Waals surface area contributed by atoms with Crippen molar-refractivity contribution < 1.29 is 23.1 Å². The molecule has 1 aromatic heterocycles. The summed E-state index contributed by atoms with van der Waals surface area (Å²) in [5.41, 5.74) is 0.607. The number of amides is 1. The molecular weight excluding hydrogens is 298 g/mol. The fraction of sp³-hybridized carbons (Fsp3) is 0.250. The molecule has 1 rings (SSSR count). The van der Waals surface area contributed by atoms with Gasteiger partial charge >= 0.3 is 5.97 Å². The first kappa shape index (κ1) is 16.8. The maximum absolute atomic E-state index is 11.9. The predicted octanol–water partition coefficient (Wildman–Crippen LogP) is -0.542. The van der Waals surface area contributed by atoms with Crippen LogP contribution in [-0.2, 0) is 14.8 Å². The average Bonchev–Trinajstić information content (AvgIpc) is 2.40. The number of rotatable bonds is 7. The zero-order valence-electron chi connectivity index (χ0n) is 11.2. The first-order valence-corrected chi connectivity index (χ1v) is 7.76. The van der Waals surface area contributed by atoms with Crippen molar-refractivity contribution >= 4 is 28.0 Å². The van der Waals surface area contributed by atoms with Crippen LogP contribution >= 0.6 is 0 Å². The molecule has 0 unspecified atom stereocenters. The highest BCUT2D eigenvalue weighted by atomic mass is 32.2. The summed E-state index contributed by atoms with van der Waals surface area (Å²) >= 11 is 0. The molecule has 8 nitrogen and oxygen atoms in total. The van der Waals surface area contributed by atoms with E-state index >= 15 is 0 Å². The summed E-state index contributed by atoms with van der Waals surface area (Å²) < 4.78 is 23.9. The van der Waals surface area contributed by atoms with Crippen molar-refractivity contribution in [3.63, 3.8) is 0 Å². The predicted molar refractivity (Wildman–Crippen MR) is 76.1 cm³/mol. The summed E-state index contributed by atoms with van der Waals surface area (Å²) in [7, 11) is -3.30. The van der Waals surface area contributed by atoms with Crippen molar-refractivity contribution in [2.24, 2.45) is 0 Å². The molecule has 0 aliphatic heterocycles. The second-order valence-electron chi connectivity index (χ2n) is 4.06. The molecule has 1 amide bonds. The van der Waals surface area contributed by atoms with Crippen LogP contribution in [0, 0.1) is 0 Å². The molecule has 0 atom stereocenters. The topological polar surface area (TPSA) is 125 Å². The number of nitrogens with one attached hydrogen (secondary N) is 2. The fourth-order valence-electron chi connectivity index (χ4n) is 1.42. The lowest BCUT2D eigenvalue weighted by atomic mass is 10.1. The van der Waals surface area contributed by atoms with E-state index in [9.17, 15) is 18.0 Å². The summed E-state index contributed by atoms with van der Waals surface area (Å²) in [6, 6.07) is 1.45. The van der Waals surface area contributed by atoms with Gasteiger partial charge in [-0.15, -0.1) is 0 Å². The largest absolute Gasteiger partial charge is 0.478 e. The molecular formula is C12H15N3O5S. The van der Waals surface area contributed by atoms with Gasteiger partial charge in [0.05, 0.1) is 6.26 Å². The SMILES string of the molecule is CS(=O)(=O)NCCNC(=O)c1ccncc1C=CC(=O)O. The Hall–Kier alpha value is -2.26. The molecule has 9 heteroatoms. The minimum Gasteiger partial charge on any atom is -0.478 e. The van der Waals surface area contributed by atoms with Crippen LogP contribution in [0.15, 0.2) is 24.5 Å². The third-order valence-electron chi connectivity index (χ3n) is 2.28. The highest BCUT2D eigenvalue weighted by Crippen LogP contribution is 2.08. The lowest BCUT2D eigenvalue weighted by Gasteiger charge is -2.07. The standard InChI is InChI=1S/C12H15N3O5S/c1-21(19,20)15-7-6-14-12(18)10-4-5-13-8-9(10)2-3-11(16)17/h2-5,8,15H,6-7H2,1H3,(H,14,18)(H,16,17). The van der Waals surface area contributed by atoms with Crippen LogP contribution in [0.1, 0.15) is 15.9 Å². The highest BCUT2D eigenvalue weighted by molar-refractivity contribution is 7.88. The normalized spacial score (nSPS) is 11.5. The van der Waals surface area contributed by atoms with E-state index in [4.69, 9.17) is 5.11 Å². The van der Waals surface area contributed by atoms with Gasteiger partial charge in [-0.1, -0.05) is 0 Å². The van der Waals surface area contributed by atoms with Crippen LogP contribution in [0.2, 0.25) is 0 Å². The monoisotopic (exact) mass is 313 g/mol. The molecule has 114 valence electrons. The summed E-state index contributed by atoms with van der Waals surface area (Å²) in [5, 5.41) is 11.1. The minimum atomic E-state index is -3.30. The van der Waals surface area contributed by atoms with Gasteiger partial charge in [0, 0.05) is 42.7 Å². The van der Waals surface area contributed by atoms with E-state index in [-0.39, 0.29) is 18.7 Å². The maximum atomic E-state index is 11.9. The molecule has 0 aliphatic carbocycles. The van der Waals surface area contributed by atoms with Gasteiger partial charge in [0.15, 0.2) is 0 Å². The van der Waals surface area contributed by atoms with E-state index in [0.717, 1.165) is 12.3 Å². The Morgan fingerprint density at radius 2 is 2.10 bits per heavy atom. The number of hydrogen-bond donors (Lipinski definition) is 3. The molecule has 3 N–H and O–H groups in total. The van der Waals surface area contributed by atoms with Crippen molar-refractivity contribution in [1.82, 2.24) is 15.0 Å². The van der Waals surface area contributed by atoms with Gasteiger partial charge in [-0.2, -0.15) is 0 Å². The Balaban J connectivity index is 2.68. The van der Waals surface area contributed by atoms with Crippen molar-refractivity contribution in [2.75, 3.05) is 19.3 Å². The summed E-state index contributed by atoms with van der Waals surface area (Å²) in [5.74, 6) is -1.58. The molecule has 0 spiro atoms. The van der Waals surface area contributed by atoms with Gasteiger partial charge in [-0.3, -0.25) is 9.78 Å². The van der Waals surface area contributed by atoms with Crippen molar-refractivity contribution in [3.8, 4) is 0 Å². The molecule has 0 fully saturated rings. The van der Waals surface area contributed by atoms with Crippen LogP contribution < -0.4 is 10.0 Å². The molecule has 0 radical (unpaired) electrons. The summed E-state index contributed by atoms with van der Waals surface area (Å²) in [6.45, 7) is 0.173. The first-order chi connectivity index (χ1) is 9.79. The Morgan fingerprint density at radius 1 is 1.38 bits per heavy atom. The number of pyridine rings is 1. The van der Waals surface area contributed by atoms with E-state index in [1.54, 1.807) is 0 Å². The van der Waals surface area contributed by atoms with Crippen molar-refractivity contribution in [3.05, 3.63) is 35.7 Å². The van der Waals surface area contributed by atoms with Crippen LogP contribution in [0.25, 0.3) is 6.08 Å². The molecule has 0 bridgehead atoms. The molecule has 0 saturated heterocycles. The number of aromatic nitrogens is 1. The summed E-state index contributed by atoms with van der Waals surface area (Å²) in [4.78, 5) is 26.2. The number of carbonyl (C=O) groups excluding carboxylic acids is 1. The molecule has 0 aromatic carbocycles. The maximum Gasteiger partial charge on any atom is 0.328 e. The number of hydrogen-bond acceptors (Lipinski definition) is 5. The lowest BCUT2D eigenvalue weighted by Crippen LogP contribution is -2.34. The third kappa shape index (κ3) is 6.63. The Morgan fingerprint density at radius 3 is 2.71 bits per heavy atom. The third-order valence-corrected chi connectivity index (χ3v) is 3.01. The Bertz CT molecular complexity index is 655.